The third-order valence-corrected chi connectivity index (χ3v) is 4.09. The van der Waals surface area contributed by atoms with Crippen LogP contribution in [0.3, 0.4) is 0 Å². The number of thiophene rings is 1. The summed E-state index contributed by atoms with van der Waals surface area (Å²) in [6, 6.07) is 4.26. The zero-order valence-electron chi connectivity index (χ0n) is 13.8. The molecule has 1 aromatic rings. The summed E-state index contributed by atoms with van der Waals surface area (Å²) in [4.78, 5) is 7.91. The molecule has 0 aliphatic heterocycles. The smallest absolute Gasteiger partial charge is 0.190 e. The number of rotatable bonds is 10. The Morgan fingerprint density at radius 2 is 2.09 bits per heavy atom. The zero-order chi connectivity index (χ0) is 15.3. The van der Waals surface area contributed by atoms with Gasteiger partial charge in [0.2, 0.25) is 0 Å². The predicted molar refractivity (Wildman–Crippen MR) is 107 cm³/mol. The summed E-state index contributed by atoms with van der Waals surface area (Å²) in [6.45, 7) is 4.66. The topological polar surface area (TPSA) is 48.9 Å². The summed E-state index contributed by atoms with van der Waals surface area (Å²) in [5.74, 6) is 0.881. The van der Waals surface area contributed by atoms with Gasteiger partial charge in [-0.3, -0.25) is 4.99 Å². The maximum atomic E-state index is 5.06. The lowest BCUT2D eigenvalue weighted by atomic mass is 10.3. The lowest BCUT2D eigenvalue weighted by molar-refractivity contribution is 0.161. The van der Waals surface area contributed by atoms with Gasteiger partial charge in [-0.05, 0) is 37.9 Å². The van der Waals surface area contributed by atoms with Gasteiger partial charge in [-0.1, -0.05) is 6.07 Å². The highest BCUT2D eigenvalue weighted by Crippen LogP contribution is 2.07. The fourth-order valence-corrected chi connectivity index (χ4v) is 2.60. The van der Waals surface area contributed by atoms with Crippen LogP contribution in [0.1, 0.15) is 11.3 Å². The molecule has 22 heavy (non-hydrogen) atoms. The quantitative estimate of drug-likeness (QED) is 0.253. The van der Waals surface area contributed by atoms with Crippen LogP contribution in [0.5, 0.6) is 0 Å². The van der Waals surface area contributed by atoms with E-state index in [0.717, 1.165) is 51.6 Å². The van der Waals surface area contributed by atoms with E-state index in [9.17, 15) is 0 Å². The van der Waals surface area contributed by atoms with Crippen LogP contribution < -0.4 is 10.6 Å². The van der Waals surface area contributed by atoms with Crippen LogP contribution in [0.2, 0.25) is 0 Å². The van der Waals surface area contributed by atoms with E-state index in [1.54, 1.807) is 18.4 Å². The first-order chi connectivity index (χ1) is 10.3. The Balaban J connectivity index is 0.00000441. The molecule has 0 aliphatic carbocycles. The first kappa shape index (κ1) is 21.6. The molecule has 0 amide bonds. The fourth-order valence-electron chi connectivity index (χ4n) is 1.89. The molecule has 2 N–H and O–H groups in total. The van der Waals surface area contributed by atoms with Crippen molar-refractivity contribution in [3.63, 3.8) is 0 Å². The van der Waals surface area contributed by atoms with Crippen molar-refractivity contribution in [3.8, 4) is 0 Å². The van der Waals surface area contributed by atoms with E-state index in [0.29, 0.717) is 0 Å². The number of nitrogens with one attached hydrogen (secondary N) is 2. The van der Waals surface area contributed by atoms with E-state index in [-0.39, 0.29) is 24.0 Å². The Hall–Kier alpha value is -0.380. The lowest BCUT2D eigenvalue weighted by Crippen LogP contribution is -2.39. The van der Waals surface area contributed by atoms with E-state index in [1.807, 2.05) is 7.05 Å². The molecule has 0 unspecified atom stereocenters. The number of likely N-dealkylation sites (N-methyl/N-ethyl adjacent to an activating group) is 1. The van der Waals surface area contributed by atoms with Crippen molar-refractivity contribution in [2.75, 3.05) is 54.0 Å². The number of guanidine groups is 1. The molecule has 0 radical (unpaired) electrons. The number of hydrogen-bond donors (Lipinski definition) is 2. The second-order valence-corrected chi connectivity index (χ2v) is 5.94. The van der Waals surface area contributed by atoms with Crippen molar-refractivity contribution in [1.82, 2.24) is 15.5 Å². The van der Waals surface area contributed by atoms with Crippen molar-refractivity contribution < 1.29 is 4.74 Å². The molecule has 5 nitrogen and oxygen atoms in total. The normalized spacial score (nSPS) is 11.4. The second-order valence-electron chi connectivity index (χ2n) is 4.90. The fraction of sp³-hybridized carbons (Fsp3) is 0.667. The van der Waals surface area contributed by atoms with Crippen LogP contribution in [0.25, 0.3) is 0 Å². The molecule has 0 atom stereocenters. The Bertz CT molecular complexity index is 387. The van der Waals surface area contributed by atoms with Crippen LogP contribution in [0.4, 0.5) is 0 Å². The van der Waals surface area contributed by atoms with E-state index in [4.69, 9.17) is 4.74 Å². The molecule has 0 bridgehead atoms. The lowest BCUT2D eigenvalue weighted by Gasteiger charge is -2.16. The van der Waals surface area contributed by atoms with Crippen LogP contribution in [-0.4, -0.2) is 64.9 Å². The van der Waals surface area contributed by atoms with Crippen molar-refractivity contribution in [1.29, 1.82) is 0 Å². The molecule has 1 aromatic heterocycles. The van der Waals surface area contributed by atoms with Gasteiger partial charge in [0.15, 0.2) is 5.96 Å². The van der Waals surface area contributed by atoms with Gasteiger partial charge in [-0.15, -0.1) is 35.3 Å². The molecule has 0 fully saturated rings. The standard InChI is InChI=1S/C15H28N4OS.HI/c1-16-15(18-9-7-14-6-4-13-21-14)17-8-5-10-19(2)11-12-20-3;/h4,6,13H,5,7-12H2,1-3H3,(H2,16,17,18);1H. The predicted octanol–water partition coefficient (Wildman–Crippen LogP) is 2.04. The first-order valence-electron chi connectivity index (χ1n) is 7.40. The highest BCUT2D eigenvalue weighted by molar-refractivity contribution is 14.0. The summed E-state index contributed by atoms with van der Waals surface area (Å²) in [6.07, 6.45) is 2.13. The van der Waals surface area contributed by atoms with Gasteiger partial charge in [-0.25, -0.2) is 0 Å². The number of ether oxygens (including phenoxy) is 1. The average molecular weight is 440 g/mol. The van der Waals surface area contributed by atoms with Gasteiger partial charge in [0.1, 0.15) is 0 Å². The molecule has 0 saturated heterocycles. The van der Waals surface area contributed by atoms with Crippen molar-refractivity contribution in [3.05, 3.63) is 22.4 Å². The van der Waals surface area contributed by atoms with Gasteiger partial charge in [0, 0.05) is 38.7 Å². The summed E-state index contributed by atoms with van der Waals surface area (Å²) in [5.41, 5.74) is 0. The SMILES string of the molecule is CN=C(NCCCN(C)CCOC)NCCc1cccs1.I. The van der Waals surface area contributed by atoms with Crippen molar-refractivity contribution in [2.45, 2.75) is 12.8 Å². The third kappa shape index (κ3) is 10.4. The highest BCUT2D eigenvalue weighted by atomic mass is 127. The van der Waals surface area contributed by atoms with E-state index < -0.39 is 0 Å². The van der Waals surface area contributed by atoms with Gasteiger partial charge in [0.05, 0.1) is 6.61 Å². The van der Waals surface area contributed by atoms with E-state index >= 15 is 0 Å². The Morgan fingerprint density at radius 1 is 1.32 bits per heavy atom. The molecule has 0 saturated carbocycles. The Morgan fingerprint density at radius 3 is 2.73 bits per heavy atom. The van der Waals surface area contributed by atoms with Crippen LogP contribution in [0.15, 0.2) is 22.5 Å². The van der Waals surface area contributed by atoms with Gasteiger partial charge >= 0.3 is 0 Å². The largest absolute Gasteiger partial charge is 0.383 e. The second kappa shape index (κ2) is 14.2. The summed E-state index contributed by atoms with van der Waals surface area (Å²) in [5, 5.41) is 8.80. The summed E-state index contributed by atoms with van der Waals surface area (Å²) < 4.78 is 5.06. The molecule has 0 aromatic carbocycles. The van der Waals surface area contributed by atoms with Crippen molar-refractivity contribution >= 4 is 41.3 Å². The Labute approximate surface area is 155 Å². The van der Waals surface area contributed by atoms with Gasteiger partial charge < -0.3 is 20.3 Å². The van der Waals surface area contributed by atoms with Gasteiger partial charge in [0.25, 0.3) is 0 Å². The minimum Gasteiger partial charge on any atom is -0.383 e. The van der Waals surface area contributed by atoms with Crippen LogP contribution >= 0.6 is 35.3 Å². The first-order valence-corrected chi connectivity index (χ1v) is 8.28. The maximum absolute atomic E-state index is 5.06. The molecule has 128 valence electrons. The number of aliphatic imine (C=N–C) groups is 1. The molecular weight excluding hydrogens is 411 g/mol. The van der Waals surface area contributed by atoms with E-state index in [2.05, 4.69) is 45.1 Å². The number of halogens is 1. The average Bonchev–Trinajstić information content (AvgIpc) is 3.00. The Kier molecular flexibility index (Phi) is 14.0. The minimum absolute atomic E-state index is 0. The minimum atomic E-state index is 0. The molecular formula is C15H29IN4OS. The number of nitrogens with zero attached hydrogens (tertiary/aromatic N) is 2. The van der Waals surface area contributed by atoms with E-state index in [1.165, 1.54) is 4.88 Å². The monoisotopic (exact) mass is 440 g/mol. The van der Waals surface area contributed by atoms with Crippen LogP contribution in [0, 0.1) is 0 Å². The summed E-state index contributed by atoms with van der Waals surface area (Å²) >= 11 is 1.80. The van der Waals surface area contributed by atoms with Crippen LogP contribution in [-0.2, 0) is 11.2 Å². The van der Waals surface area contributed by atoms with Crippen molar-refractivity contribution in [2.24, 2.45) is 4.99 Å². The van der Waals surface area contributed by atoms with Gasteiger partial charge in [-0.2, -0.15) is 0 Å². The summed E-state index contributed by atoms with van der Waals surface area (Å²) in [7, 11) is 5.67. The maximum Gasteiger partial charge on any atom is 0.190 e. The third-order valence-electron chi connectivity index (χ3n) is 3.15. The molecule has 0 aliphatic rings. The molecule has 0 spiro atoms. The highest BCUT2D eigenvalue weighted by Gasteiger charge is 2.00. The number of methoxy groups -OCH3 is 1. The molecule has 1 rings (SSSR count). The zero-order valence-corrected chi connectivity index (χ0v) is 16.9. The molecule has 7 heteroatoms. The number of hydrogen-bond acceptors (Lipinski definition) is 4. The molecule has 1 heterocycles.